The van der Waals surface area contributed by atoms with Crippen LogP contribution in [0.3, 0.4) is 0 Å². The molecule has 5 aromatic rings. The van der Waals surface area contributed by atoms with E-state index in [9.17, 15) is 24.3 Å². The number of aliphatic hydroxyl groups is 1. The number of carbonyl (C=O) groups excluding carboxylic acids is 3. The van der Waals surface area contributed by atoms with Crippen molar-refractivity contribution < 1.29 is 19.5 Å². The quantitative estimate of drug-likeness (QED) is 0.185. The first-order valence-corrected chi connectivity index (χ1v) is 16.9. The minimum absolute atomic E-state index is 0.00633. The Labute approximate surface area is 281 Å². The van der Waals surface area contributed by atoms with Gasteiger partial charge in [-0.1, -0.05) is 90.6 Å². The number of rotatable bonds is 11. The summed E-state index contributed by atoms with van der Waals surface area (Å²) in [6.07, 6.45) is 0.0640. The molecule has 48 heavy (non-hydrogen) atoms. The number of amides is 3. The summed E-state index contributed by atoms with van der Waals surface area (Å²) >= 11 is 1.08. The van der Waals surface area contributed by atoms with Gasteiger partial charge in [-0.3, -0.25) is 24.1 Å². The molecule has 6 rings (SSSR count). The first kappa shape index (κ1) is 32.8. The second kappa shape index (κ2) is 14.7. The maximum absolute atomic E-state index is 14.3. The minimum atomic E-state index is -1.32. The third-order valence-corrected chi connectivity index (χ3v) is 9.62. The molecule has 2 unspecified atom stereocenters. The smallest absolute Gasteiger partial charge is 0.288 e. The SMILES string of the molecule is CCc1ccc(C(=O)Nc2ccc(C(O)C(CCn3nnc4ccccc4c3=O)C(=O)N3C(=O)SC[C@@H]3Cc3ccccc3)cc2)cc1. The highest BCUT2D eigenvalue weighted by Gasteiger charge is 2.42. The highest BCUT2D eigenvalue weighted by Crippen LogP contribution is 2.34. The Bertz CT molecular complexity index is 1980. The Hall–Kier alpha value is -5.13. The summed E-state index contributed by atoms with van der Waals surface area (Å²) in [7, 11) is 0. The number of aliphatic hydroxyl groups excluding tert-OH is 1. The molecule has 3 atom stereocenters. The zero-order valence-electron chi connectivity index (χ0n) is 26.4. The van der Waals surface area contributed by atoms with Crippen LogP contribution in [0.4, 0.5) is 10.5 Å². The molecule has 11 heteroatoms. The molecule has 3 amide bonds. The van der Waals surface area contributed by atoms with E-state index in [1.807, 2.05) is 49.4 Å². The second-order valence-corrected chi connectivity index (χ2v) is 12.7. The largest absolute Gasteiger partial charge is 0.388 e. The molecule has 10 nitrogen and oxygen atoms in total. The number of hydrogen-bond donors (Lipinski definition) is 2. The van der Waals surface area contributed by atoms with E-state index in [1.165, 1.54) is 9.58 Å². The number of nitrogens with zero attached hydrogens (tertiary/aromatic N) is 4. The van der Waals surface area contributed by atoms with Crippen LogP contribution in [0, 0.1) is 5.92 Å². The molecule has 4 aromatic carbocycles. The maximum atomic E-state index is 14.3. The monoisotopic (exact) mass is 661 g/mol. The van der Waals surface area contributed by atoms with Crippen LogP contribution in [-0.4, -0.2) is 53.8 Å². The lowest BCUT2D eigenvalue weighted by Crippen LogP contribution is -2.45. The second-order valence-electron chi connectivity index (χ2n) is 11.7. The first-order valence-electron chi connectivity index (χ1n) is 15.9. The molecule has 1 aliphatic rings. The molecule has 0 aliphatic carbocycles. The van der Waals surface area contributed by atoms with Gasteiger partial charge in [0, 0.05) is 23.5 Å². The van der Waals surface area contributed by atoms with Crippen LogP contribution in [0.2, 0.25) is 0 Å². The summed E-state index contributed by atoms with van der Waals surface area (Å²) in [4.78, 5) is 54.6. The van der Waals surface area contributed by atoms with Crippen molar-refractivity contribution in [3.8, 4) is 0 Å². The van der Waals surface area contributed by atoms with Gasteiger partial charge in [-0.15, -0.1) is 5.10 Å². The predicted molar refractivity (Wildman–Crippen MR) is 186 cm³/mol. The van der Waals surface area contributed by atoms with E-state index >= 15 is 0 Å². The van der Waals surface area contributed by atoms with E-state index in [4.69, 9.17) is 0 Å². The number of hydrogen-bond acceptors (Lipinski definition) is 8. The van der Waals surface area contributed by atoms with E-state index in [-0.39, 0.29) is 35.7 Å². The Morgan fingerprint density at radius 1 is 0.917 bits per heavy atom. The predicted octanol–water partition coefficient (Wildman–Crippen LogP) is 5.65. The number of imide groups is 1. The molecule has 0 saturated carbocycles. The van der Waals surface area contributed by atoms with Gasteiger partial charge in [0.15, 0.2) is 0 Å². The molecule has 244 valence electrons. The van der Waals surface area contributed by atoms with Gasteiger partial charge in [-0.2, -0.15) is 0 Å². The highest BCUT2D eigenvalue weighted by atomic mass is 32.2. The molecule has 1 fully saturated rings. The van der Waals surface area contributed by atoms with Crippen molar-refractivity contribution in [2.24, 2.45) is 5.92 Å². The topological polar surface area (TPSA) is 134 Å². The summed E-state index contributed by atoms with van der Waals surface area (Å²) in [5, 5.41) is 22.8. The Kier molecular flexibility index (Phi) is 10.1. The summed E-state index contributed by atoms with van der Waals surface area (Å²) in [5.41, 5.74) is 3.68. The summed E-state index contributed by atoms with van der Waals surface area (Å²) in [6.45, 7) is 2.04. The van der Waals surface area contributed by atoms with Crippen molar-refractivity contribution >= 4 is 45.4 Å². The lowest BCUT2D eigenvalue weighted by atomic mass is 9.90. The number of fused-ring (bicyclic) bond motifs is 1. The maximum Gasteiger partial charge on any atom is 0.288 e. The molecule has 2 N–H and O–H groups in total. The van der Waals surface area contributed by atoms with Crippen LogP contribution >= 0.6 is 11.8 Å². The van der Waals surface area contributed by atoms with E-state index in [1.54, 1.807) is 60.7 Å². The van der Waals surface area contributed by atoms with Gasteiger partial charge in [0.2, 0.25) is 5.91 Å². The molecular formula is C37H35N5O5S. The van der Waals surface area contributed by atoms with Gasteiger partial charge in [-0.25, -0.2) is 4.68 Å². The van der Waals surface area contributed by atoms with Gasteiger partial charge in [0.1, 0.15) is 5.52 Å². The average Bonchev–Trinajstić information content (AvgIpc) is 3.48. The molecule has 0 bridgehead atoms. The fourth-order valence-corrected chi connectivity index (χ4v) is 6.86. The summed E-state index contributed by atoms with van der Waals surface area (Å²) in [5.74, 6) is -1.43. The van der Waals surface area contributed by atoms with Crippen molar-refractivity contribution in [1.82, 2.24) is 19.9 Å². The molecule has 1 aromatic heterocycles. The molecule has 1 aliphatic heterocycles. The number of benzene rings is 4. The zero-order chi connectivity index (χ0) is 33.6. The van der Waals surface area contributed by atoms with Crippen LogP contribution in [-0.2, 0) is 24.2 Å². The van der Waals surface area contributed by atoms with Crippen LogP contribution < -0.4 is 10.9 Å². The average molecular weight is 662 g/mol. The van der Waals surface area contributed by atoms with Crippen LogP contribution in [0.1, 0.15) is 46.5 Å². The van der Waals surface area contributed by atoms with Gasteiger partial charge in [-0.05, 0) is 72.4 Å². The van der Waals surface area contributed by atoms with Crippen molar-refractivity contribution in [3.05, 3.63) is 136 Å². The van der Waals surface area contributed by atoms with Gasteiger partial charge in [0.25, 0.3) is 16.7 Å². The molecule has 0 spiro atoms. The van der Waals surface area contributed by atoms with Gasteiger partial charge < -0.3 is 10.4 Å². The highest BCUT2D eigenvalue weighted by molar-refractivity contribution is 8.14. The van der Waals surface area contributed by atoms with E-state index in [0.29, 0.717) is 39.9 Å². The molecule has 2 heterocycles. The van der Waals surface area contributed by atoms with E-state index in [2.05, 4.69) is 15.6 Å². The molecule has 1 saturated heterocycles. The zero-order valence-corrected chi connectivity index (χ0v) is 27.2. The fourth-order valence-electron chi connectivity index (χ4n) is 5.88. The first-order chi connectivity index (χ1) is 23.3. The number of thioether (sulfide) groups is 1. The number of carbonyl (C=O) groups is 3. The van der Waals surface area contributed by atoms with Crippen molar-refractivity contribution in [2.45, 2.75) is 44.9 Å². The lowest BCUT2D eigenvalue weighted by molar-refractivity contribution is -0.137. The van der Waals surface area contributed by atoms with E-state index in [0.717, 1.165) is 29.3 Å². The number of aryl methyl sites for hydroxylation is 2. The molecule has 0 radical (unpaired) electrons. The fraction of sp³-hybridized carbons (Fsp3) is 0.243. The van der Waals surface area contributed by atoms with Gasteiger partial charge in [0.05, 0.1) is 23.4 Å². The third kappa shape index (κ3) is 7.22. The normalized spacial score (nSPS) is 15.8. The number of anilines is 1. The Morgan fingerprint density at radius 2 is 1.62 bits per heavy atom. The molecular weight excluding hydrogens is 627 g/mol. The van der Waals surface area contributed by atoms with Crippen molar-refractivity contribution in [2.75, 3.05) is 11.1 Å². The number of nitrogens with one attached hydrogen (secondary N) is 1. The Balaban J connectivity index is 1.25. The van der Waals surface area contributed by atoms with Gasteiger partial charge >= 0.3 is 0 Å². The number of aromatic nitrogens is 3. The summed E-state index contributed by atoms with van der Waals surface area (Å²) in [6, 6.07) is 30.1. The minimum Gasteiger partial charge on any atom is -0.388 e. The van der Waals surface area contributed by atoms with Crippen molar-refractivity contribution in [1.29, 1.82) is 0 Å². The van der Waals surface area contributed by atoms with Crippen LogP contribution in [0.15, 0.2) is 108 Å². The lowest BCUT2D eigenvalue weighted by Gasteiger charge is -2.29. The third-order valence-electron chi connectivity index (χ3n) is 8.63. The van der Waals surface area contributed by atoms with Crippen molar-refractivity contribution in [3.63, 3.8) is 0 Å². The van der Waals surface area contributed by atoms with Crippen LogP contribution in [0.25, 0.3) is 10.9 Å². The van der Waals surface area contributed by atoms with Crippen LogP contribution in [0.5, 0.6) is 0 Å². The van der Waals surface area contributed by atoms with E-state index < -0.39 is 17.9 Å². The standard InChI is InChI=1S/C37H35N5O5S/c1-2-24-12-14-27(15-13-24)34(44)38-28-18-16-26(17-19-28)33(43)31(20-21-41-35(45)30-10-6-7-11-32(30)39-40-41)36(46)42-29(23-48-37(42)47)22-25-8-4-3-5-9-25/h3-19,29,31,33,43H,2,20-23H2,1H3,(H,38,44)/t29-,31?,33?/m0/s1. The summed E-state index contributed by atoms with van der Waals surface area (Å²) < 4.78 is 1.18. The Morgan fingerprint density at radius 3 is 2.35 bits per heavy atom.